The van der Waals surface area contributed by atoms with Crippen molar-refractivity contribution < 1.29 is 14.3 Å². The van der Waals surface area contributed by atoms with E-state index >= 15 is 0 Å². The summed E-state index contributed by atoms with van der Waals surface area (Å²) < 4.78 is 9.33. The summed E-state index contributed by atoms with van der Waals surface area (Å²) in [5.41, 5.74) is 2.71. The highest BCUT2D eigenvalue weighted by atomic mass is 16.6. The third-order valence-electron chi connectivity index (χ3n) is 5.70. The average Bonchev–Trinajstić information content (AvgIpc) is 3.42. The van der Waals surface area contributed by atoms with Crippen LogP contribution < -0.4 is 5.32 Å². The molecule has 0 bridgehead atoms. The summed E-state index contributed by atoms with van der Waals surface area (Å²) in [7, 11) is 0. The molecule has 0 aliphatic carbocycles. The van der Waals surface area contributed by atoms with Crippen LogP contribution in [0.15, 0.2) is 54.9 Å². The number of nitrogens with one attached hydrogen (secondary N) is 1. The molecule has 0 unspecified atom stereocenters. The second-order valence-corrected chi connectivity index (χ2v) is 9.39. The molecule has 8 nitrogen and oxygen atoms in total. The lowest BCUT2D eigenvalue weighted by Gasteiger charge is -2.34. The van der Waals surface area contributed by atoms with Crippen molar-refractivity contribution in [2.24, 2.45) is 0 Å². The van der Waals surface area contributed by atoms with Crippen molar-refractivity contribution in [3.8, 4) is 5.69 Å². The number of carbonyl (C=O) groups excluding carboxylic acids is 2. The summed E-state index contributed by atoms with van der Waals surface area (Å²) in [6.45, 7) is 8.80. The topological polar surface area (TPSA) is 81.4 Å². The van der Waals surface area contributed by atoms with Gasteiger partial charge < -0.3 is 19.5 Å². The molecular formula is C25H31N5O3. The first-order valence-corrected chi connectivity index (χ1v) is 11.3. The summed E-state index contributed by atoms with van der Waals surface area (Å²) in [5, 5.41) is 7.35. The lowest BCUT2D eigenvalue weighted by molar-refractivity contribution is 0.0187. The summed E-state index contributed by atoms with van der Waals surface area (Å²) >= 11 is 0. The number of aromatic nitrogens is 3. The van der Waals surface area contributed by atoms with Gasteiger partial charge in [0, 0.05) is 42.9 Å². The minimum absolute atomic E-state index is 0.150. The van der Waals surface area contributed by atoms with Crippen LogP contribution in [0, 0.1) is 6.92 Å². The number of hydrogen-bond acceptors (Lipinski definition) is 4. The maximum atomic E-state index is 13.1. The quantitative estimate of drug-likeness (QED) is 0.620. The zero-order chi connectivity index (χ0) is 23.6. The number of piperidine rings is 1. The summed E-state index contributed by atoms with van der Waals surface area (Å²) in [6.07, 6.45) is 4.94. The number of benzene rings is 1. The maximum absolute atomic E-state index is 13.1. The monoisotopic (exact) mass is 449 g/mol. The number of hydrogen-bond donors (Lipinski definition) is 1. The molecule has 8 heteroatoms. The van der Waals surface area contributed by atoms with Crippen LogP contribution in [0.25, 0.3) is 5.69 Å². The van der Waals surface area contributed by atoms with Crippen molar-refractivity contribution in [3.05, 3.63) is 66.2 Å². The molecule has 4 rings (SSSR count). The fourth-order valence-electron chi connectivity index (χ4n) is 4.11. The largest absolute Gasteiger partial charge is 0.444 e. The second-order valence-electron chi connectivity index (χ2n) is 9.39. The zero-order valence-corrected chi connectivity index (χ0v) is 19.6. The number of rotatable bonds is 4. The number of carbonyl (C=O) groups is 2. The molecule has 1 fully saturated rings. The number of anilines is 1. The lowest BCUT2D eigenvalue weighted by Crippen LogP contribution is -2.42. The third-order valence-corrected chi connectivity index (χ3v) is 5.70. The Balaban J connectivity index is 1.42. The zero-order valence-electron chi connectivity index (χ0n) is 19.6. The molecule has 3 heterocycles. The van der Waals surface area contributed by atoms with Gasteiger partial charge in [-0.05, 0) is 76.9 Å². The number of likely N-dealkylation sites (tertiary alicyclic amines) is 1. The van der Waals surface area contributed by atoms with E-state index < -0.39 is 5.60 Å². The van der Waals surface area contributed by atoms with E-state index in [1.165, 1.54) is 0 Å². The van der Waals surface area contributed by atoms with Gasteiger partial charge in [-0.15, -0.1) is 0 Å². The van der Waals surface area contributed by atoms with Crippen molar-refractivity contribution in [2.45, 2.75) is 52.2 Å². The van der Waals surface area contributed by atoms with E-state index in [4.69, 9.17) is 4.74 Å². The maximum Gasteiger partial charge on any atom is 0.410 e. The van der Waals surface area contributed by atoms with Crippen molar-refractivity contribution in [2.75, 3.05) is 18.4 Å². The van der Waals surface area contributed by atoms with Crippen LogP contribution >= 0.6 is 0 Å². The molecule has 1 aromatic carbocycles. The van der Waals surface area contributed by atoms with Crippen LogP contribution in [-0.2, 0) is 4.74 Å². The molecule has 1 aliphatic rings. The molecule has 3 aromatic rings. The highest BCUT2D eigenvalue weighted by Gasteiger charge is 2.28. The predicted molar refractivity (Wildman–Crippen MR) is 127 cm³/mol. The SMILES string of the molecule is Cc1ccnn1-c1cccc(NC(=O)c2cccn2C2CCN(C(=O)OC(C)(C)C)CC2)c1. The molecule has 33 heavy (non-hydrogen) atoms. The second kappa shape index (κ2) is 9.13. The number of ether oxygens (including phenoxy) is 1. The van der Waals surface area contributed by atoms with Gasteiger partial charge in [-0.25, -0.2) is 9.48 Å². The first-order valence-electron chi connectivity index (χ1n) is 11.3. The Labute approximate surface area is 194 Å². The van der Waals surface area contributed by atoms with Crippen LogP contribution in [0.5, 0.6) is 0 Å². The molecule has 0 radical (unpaired) electrons. The van der Waals surface area contributed by atoms with Gasteiger partial charge in [0.25, 0.3) is 5.91 Å². The molecule has 2 aromatic heterocycles. The highest BCUT2D eigenvalue weighted by Crippen LogP contribution is 2.26. The van der Waals surface area contributed by atoms with Crippen LogP contribution in [-0.4, -0.2) is 49.9 Å². The molecule has 1 N–H and O–H groups in total. The van der Waals surface area contributed by atoms with Gasteiger partial charge in [0.1, 0.15) is 11.3 Å². The van der Waals surface area contributed by atoms with E-state index in [0.717, 1.165) is 24.2 Å². The normalized spacial score (nSPS) is 14.8. The van der Waals surface area contributed by atoms with Gasteiger partial charge in [-0.1, -0.05) is 6.07 Å². The predicted octanol–water partition coefficient (Wildman–Crippen LogP) is 4.81. The minimum Gasteiger partial charge on any atom is -0.444 e. The molecule has 0 atom stereocenters. The molecule has 2 amide bonds. The number of aryl methyl sites for hydroxylation is 1. The molecule has 174 valence electrons. The Kier molecular flexibility index (Phi) is 6.26. The van der Waals surface area contributed by atoms with E-state index in [2.05, 4.69) is 10.4 Å². The molecule has 0 spiro atoms. The number of nitrogens with zero attached hydrogens (tertiary/aromatic N) is 4. The van der Waals surface area contributed by atoms with Gasteiger partial charge in [0.05, 0.1) is 5.69 Å². The first kappa shape index (κ1) is 22.6. The molecule has 1 aliphatic heterocycles. The lowest BCUT2D eigenvalue weighted by atomic mass is 10.0. The molecule has 1 saturated heterocycles. The van der Waals surface area contributed by atoms with Gasteiger partial charge >= 0.3 is 6.09 Å². The van der Waals surface area contributed by atoms with Gasteiger partial charge in [0.15, 0.2) is 0 Å². The van der Waals surface area contributed by atoms with Gasteiger partial charge in [-0.3, -0.25) is 4.79 Å². The van der Waals surface area contributed by atoms with Crippen molar-refractivity contribution >= 4 is 17.7 Å². The van der Waals surface area contributed by atoms with E-state index in [0.29, 0.717) is 24.5 Å². The summed E-state index contributed by atoms with van der Waals surface area (Å²) in [6, 6.07) is 13.4. The minimum atomic E-state index is -0.507. The van der Waals surface area contributed by atoms with Crippen LogP contribution in [0.4, 0.5) is 10.5 Å². The Morgan fingerprint density at radius 1 is 1.09 bits per heavy atom. The van der Waals surface area contributed by atoms with E-state index in [1.54, 1.807) is 11.1 Å². The Hall–Kier alpha value is -3.55. The third kappa shape index (κ3) is 5.27. The molecular weight excluding hydrogens is 418 g/mol. The van der Waals surface area contributed by atoms with E-state index in [1.807, 2.05) is 85.6 Å². The first-order chi connectivity index (χ1) is 15.7. The van der Waals surface area contributed by atoms with E-state index in [-0.39, 0.29) is 18.0 Å². The van der Waals surface area contributed by atoms with E-state index in [9.17, 15) is 9.59 Å². The fourth-order valence-corrected chi connectivity index (χ4v) is 4.11. The fraction of sp³-hybridized carbons (Fsp3) is 0.400. The Morgan fingerprint density at radius 2 is 1.85 bits per heavy atom. The Bertz CT molecular complexity index is 1130. The van der Waals surface area contributed by atoms with Crippen LogP contribution in [0.2, 0.25) is 0 Å². The molecule has 0 saturated carbocycles. The highest BCUT2D eigenvalue weighted by molar-refractivity contribution is 6.03. The summed E-state index contributed by atoms with van der Waals surface area (Å²) in [5.74, 6) is -0.163. The number of amides is 2. The van der Waals surface area contributed by atoms with Crippen molar-refractivity contribution in [1.82, 2.24) is 19.2 Å². The Morgan fingerprint density at radius 3 is 2.52 bits per heavy atom. The summed E-state index contributed by atoms with van der Waals surface area (Å²) in [4.78, 5) is 27.2. The van der Waals surface area contributed by atoms with Crippen LogP contribution in [0.3, 0.4) is 0 Å². The van der Waals surface area contributed by atoms with Gasteiger partial charge in [-0.2, -0.15) is 5.10 Å². The standard InChI is InChI=1S/C25H31N5O3/c1-18-10-13-26-30(18)21-8-5-7-19(17-21)27-23(31)22-9-6-14-29(22)20-11-15-28(16-12-20)24(32)33-25(2,3)4/h5-10,13-14,17,20H,11-12,15-16H2,1-4H3,(H,27,31). The average molecular weight is 450 g/mol. The smallest absolute Gasteiger partial charge is 0.410 e. The van der Waals surface area contributed by atoms with Crippen molar-refractivity contribution in [3.63, 3.8) is 0 Å². The van der Waals surface area contributed by atoms with Gasteiger partial charge in [0.2, 0.25) is 0 Å². The van der Waals surface area contributed by atoms with Crippen molar-refractivity contribution in [1.29, 1.82) is 0 Å². The van der Waals surface area contributed by atoms with Crippen LogP contribution in [0.1, 0.15) is 55.8 Å².